The first-order valence-corrected chi connectivity index (χ1v) is 8.09. The zero-order chi connectivity index (χ0) is 18.1. The molecule has 0 amide bonds. The number of benzene rings is 2. The van der Waals surface area contributed by atoms with E-state index in [1.165, 1.54) is 6.07 Å². The molecule has 0 spiro atoms. The van der Waals surface area contributed by atoms with Crippen molar-refractivity contribution in [2.24, 2.45) is 0 Å². The van der Waals surface area contributed by atoms with Gasteiger partial charge in [0.15, 0.2) is 0 Å². The normalized spacial score (nSPS) is 11.3. The van der Waals surface area contributed by atoms with Gasteiger partial charge in [0.05, 0.1) is 0 Å². The average Bonchev–Trinajstić information content (AvgIpc) is 2.53. The third kappa shape index (κ3) is 3.67. The molecule has 130 valence electrons. The fraction of sp³-hybridized carbons (Fsp3) is 0.167. The monoisotopic (exact) mass is 385 g/mol. The van der Waals surface area contributed by atoms with Gasteiger partial charge >= 0.3 is 6.61 Å². The van der Waals surface area contributed by atoms with Crippen LogP contribution in [-0.4, -0.2) is 11.6 Å². The fourth-order valence-corrected chi connectivity index (χ4v) is 3.14. The maximum Gasteiger partial charge on any atom is 0.388 e. The quantitative estimate of drug-likeness (QED) is 0.534. The number of nitrogens with zero attached hydrogens (tertiary/aromatic N) is 1. The van der Waals surface area contributed by atoms with Crippen LogP contribution >= 0.6 is 23.2 Å². The highest BCUT2D eigenvalue weighted by atomic mass is 35.5. The molecule has 3 rings (SSSR count). The molecule has 3 aromatic rings. The molecule has 0 radical (unpaired) electrons. The smallest absolute Gasteiger partial charge is 0.388 e. The first-order valence-electron chi connectivity index (χ1n) is 7.33. The minimum atomic E-state index is -3.07. The summed E-state index contributed by atoms with van der Waals surface area (Å²) in [5.74, 6) is -0.910. The third-order valence-electron chi connectivity index (χ3n) is 3.90. The number of aryl methyl sites for hydroxylation is 1. The molecule has 7 heteroatoms. The van der Waals surface area contributed by atoms with E-state index in [1.54, 1.807) is 37.3 Å². The van der Waals surface area contributed by atoms with Gasteiger partial charge in [0, 0.05) is 27.4 Å². The molecule has 0 saturated carbocycles. The number of ether oxygens (including phenoxy) is 1. The summed E-state index contributed by atoms with van der Waals surface area (Å²) in [7, 11) is 0. The Morgan fingerprint density at radius 2 is 1.92 bits per heavy atom. The summed E-state index contributed by atoms with van der Waals surface area (Å²) in [6, 6.07) is 9.36. The lowest BCUT2D eigenvalue weighted by Gasteiger charge is -2.16. The number of alkyl halides is 2. The molecule has 0 aliphatic rings. The van der Waals surface area contributed by atoms with Gasteiger partial charge in [0.1, 0.15) is 11.3 Å². The van der Waals surface area contributed by atoms with E-state index < -0.39 is 12.4 Å². The minimum Gasteiger partial charge on any atom is -0.417 e. The molecule has 0 saturated heterocycles. The highest BCUT2D eigenvalue weighted by molar-refractivity contribution is 6.35. The summed E-state index contributed by atoms with van der Waals surface area (Å²) < 4.78 is 44.2. The molecular formula is C18H12Cl2F3NO. The maximum atomic E-state index is 14.0. The van der Waals surface area contributed by atoms with E-state index in [2.05, 4.69) is 9.72 Å². The predicted octanol–water partition coefficient (Wildman–Crippen LogP) is 6.18. The molecule has 0 atom stereocenters. The fourth-order valence-electron chi connectivity index (χ4n) is 2.67. The van der Waals surface area contributed by atoms with Crippen molar-refractivity contribution in [1.82, 2.24) is 4.98 Å². The molecule has 2 aromatic carbocycles. The molecule has 0 N–H and O–H groups in total. The SMILES string of the molecule is Cc1c(Cc2ccc(Cl)cc2Cl)c(OC(F)F)nc2c(F)cccc12. The van der Waals surface area contributed by atoms with E-state index >= 15 is 0 Å². The molecule has 0 unspecified atom stereocenters. The summed E-state index contributed by atoms with van der Waals surface area (Å²) in [4.78, 5) is 3.97. The number of hydrogen-bond donors (Lipinski definition) is 0. The van der Waals surface area contributed by atoms with E-state index in [1.807, 2.05) is 0 Å². The Labute approximate surface area is 152 Å². The van der Waals surface area contributed by atoms with Crippen LogP contribution in [0.3, 0.4) is 0 Å². The molecule has 25 heavy (non-hydrogen) atoms. The van der Waals surface area contributed by atoms with E-state index in [0.717, 1.165) is 0 Å². The van der Waals surface area contributed by atoms with E-state index in [9.17, 15) is 13.2 Å². The number of halogens is 5. The van der Waals surface area contributed by atoms with Crippen LogP contribution in [0, 0.1) is 12.7 Å². The van der Waals surface area contributed by atoms with Gasteiger partial charge in [-0.3, -0.25) is 0 Å². The predicted molar refractivity (Wildman–Crippen MR) is 92.3 cm³/mol. The highest BCUT2D eigenvalue weighted by Gasteiger charge is 2.19. The third-order valence-corrected chi connectivity index (χ3v) is 4.48. The van der Waals surface area contributed by atoms with Crippen LogP contribution in [0.15, 0.2) is 36.4 Å². The molecule has 0 aliphatic carbocycles. The van der Waals surface area contributed by atoms with Crippen molar-refractivity contribution in [3.05, 3.63) is 69.0 Å². The van der Waals surface area contributed by atoms with Crippen molar-refractivity contribution in [3.63, 3.8) is 0 Å². The Kier molecular flexibility index (Phi) is 5.06. The van der Waals surface area contributed by atoms with Crippen molar-refractivity contribution in [1.29, 1.82) is 0 Å². The maximum absolute atomic E-state index is 14.0. The summed E-state index contributed by atoms with van der Waals surface area (Å²) in [5.41, 5.74) is 1.68. The molecule has 1 aromatic heterocycles. The zero-order valence-electron chi connectivity index (χ0n) is 13.0. The van der Waals surface area contributed by atoms with Gasteiger partial charge in [-0.15, -0.1) is 0 Å². The van der Waals surface area contributed by atoms with E-state index in [0.29, 0.717) is 32.1 Å². The number of fused-ring (bicyclic) bond motifs is 1. The lowest BCUT2D eigenvalue weighted by atomic mass is 9.98. The van der Waals surface area contributed by atoms with Gasteiger partial charge in [-0.05, 0) is 36.2 Å². The van der Waals surface area contributed by atoms with Gasteiger partial charge < -0.3 is 4.74 Å². The summed E-state index contributed by atoms with van der Waals surface area (Å²) in [5, 5.41) is 1.39. The van der Waals surface area contributed by atoms with Crippen molar-refractivity contribution in [3.8, 4) is 5.88 Å². The van der Waals surface area contributed by atoms with E-state index in [-0.39, 0.29) is 17.8 Å². The Morgan fingerprint density at radius 3 is 2.60 bits per heavy atom. The number of hydrogen-bond acceptors (Lipinski definition) is 2. The minimum absolute atomic E-state index is 0.0124. The topological polar surface area (TPSA) is 22.1 Å². The molecule has 0 fully saturated rings. The summed E-state index contributed by atoms with van der Waals surface area (Å²) >= 11 is 12.1. The first kappa shape index (κ1) is 17.8. The van der Waals surface area contributed by atoms with E-state index in [4.69, 9.17) is 23.2 Å². The van der Waals surface area contributed by atoms with Crippen LogP contribution in [0.4, 0.5) is 13.2 Å². The standard InChI is InChI=1S/C18H12Cl2F3NO/c1-9-12-3-2-4-15(21)16(12)24-17(25-18(22)23)13(9)7-10-5-6-11(19)8-14(10)20/h2-6,8,18H,7H2,1H3. The van der Waals surface area contributed by atoms with Crippen molar-refractivity contribution in [2.45, 2.75) is 20.0 Å². The van der Waals surface area contributed by atoms with Crippen molar-refractivity contribution < 1.29 is 17.9 Å². The molecule has 0 aliphatic heterocycles. The second kappa shape index (κ2) is 7.10. The largest absolute Gasteiger partial charge is 0.417 e. The molecular weight excluding hydrogens is 374 g/mol. The summed E-state index contributed by atoms with van der Waals surface area (Å²) in [6.45, 7) is -1.36. The second-order valence-electron chi connectivity index (χ2n) is 5.45. The average molecular weight is 386 g/mol. The Bertz CT molecular complexity index is 947. The van der Waals surface area contributed by atoms with Gasteiger partial charge in [0.2, 0.25) is 5.88 Å². The van der Waals surface area contributed by atoms with Crippen molar-refractivity contribution >= 4 is 34.1 Å². The van der Waals surface area contributed by atoms with Gasteiger partial charge in [0.25, 0.3) is 0 Å². The Balaban J connectivity index is 2.19. The van der Waals surface area contributed by atoms with Gasteiger partial charge in [-0.2, -0.15) is 8.78 Å². The van der Waals surface area contributed by atoms with Crippen molar-refractivity contribution in [2.75, 3.05) is 0 Å². The van der Waals surface area contributed by atoms with Crippen LogP contribution in [0.1, 0.15) is 16.7 Å². The number of pyridine rings is 1. The number of rotatable bonds is 4. The zero-order valence-corrected chi connectivity index (χ0v) is 14.5. The summed E-state index contributed by atoms with van der Waals surface area (Å²) in [6.07, 6.45) is 0.198. The van der Waals surface area contributed by atoms with Crippen LogP contribution in [-0.2, 0) is 6.42 Å². The lowest BCUT2D eigenvalue weighted by Crippen LogP contribution is -2.09. The molecule has 1 heterocycles. The Morgan fingerprint density at radius 1 is 1.16 bits per heavy atom. The Hall–Kier alpha value is -1.98. The second-order valence-corrected chi connectivity index (χ2v) is 6.29. The van der Waals surface area contributed by atoms with Gasteiger partial charge in [-0.1, -0.05) is 41.4 Å². The van der Waals surface area contributed by atoms with Crippen LogP contribution in [0.2, 0.25) is 10.0 Å². The van der Waals surface area contributed by atoms with Gasteiger partial charge in [-0.25, -0.2) is 9.37 Å². The van der Waals surface area contributed by atoms with Crippen LogP contribution < -0.4 is 4.74 Å². The molecule has 0 bridgehead atoms. The first-order chi connectivity index (χ1) is 11.9. The molecule has 2 nitrogen and oxygen atoms in total. The number of para-hydroxylation sites is 1. The lowest BCUT2D eigenvalue weighted by molar-refractivity contribution is -0.0532. The van der Waals surface area contributed by atoms with Crippen LogP contribution in [0.5, 0.6) is 5.88 Å². The van der Waals surface area contributed by atoms with Crippen LogP contribution in [0.25, 0.3) is 10.9 Å². The highest BCUT2D eigenvalue weighted by Crippen LogP contribution is 2.33. The number of aromatic nitrogens is 1.